The highest BCUT2D eigenvalue weighted by Gasteiger charge is 2.42. The Morgan fingerprint density at radius 2 is 1.90 bits per heavy atom. The lowest BCUT2D eigenvalue weighted by Crippen LogP contribution is -2.55. The smallest absolute Gasteiger partial charge is 0.524 e. The minimum Gasteiger partial charge on any atom is -0.524 e. The number of para-hydroxylation sites is 1. The molecule has 0 aromatic heterocycles. The molecule has 1 aliphatic heterocycles. The van der Waals surface area contributed by atoms with Crippen molar-refractivity contribution in [3.8, 4) is 5.75 Å². The van der Waals surface area contributed by atoms with Crippen LogP contribution in [0.25, 0.3) is 0 Å². The van der Waals surface area contributed by atoms with Gasteiger partial charge < -0.3 is 19.9 Å². The predicted molar refractivity (Wildman–Crippen MR) is 116 cm³/mol. The first kappa shape index (κ1) is 22.8. The maximum absolute atomic E-state index is 13.4. The number of carbonyl (C=O) groups is 3. The lowest BCUT2D eigenvalue weighted by molar-refractivity contribution is -0.120. The number of hydrogen-bond donors (Lipinski definition) is 2. The molecule has 2 N–H and O–H groups in total. The fourth-order valence-electron chi connectivity index (χ4n) is 3.15. The van der Waals surface area contributed by atoms with Crippen LogP contribution in [-0.2, 0) is 9.45 Å². The van der Waals surface area contributed by atoms with E-state index in [-0.39, 0.29) is 18.0 Å². The summed E-state index contributed by atoms with van der Waals surface area (Å²) in [6, 6.07) is 10.4. The first-order valence-corrected chi connectivity index (χ1v) is 10.5. The Kier molecular flexibility index (Phi) is 7.32. The first-order valence-electron chi connectivity index (χ1n) is 9.74. The van der Waals surface area contributed by atoms with Gasteiger partial charge in [0.25, 0.3) is 5.91 Å². The average molecular weight is 491 g/mol. The van der Waals surface area contributed by atoms with Gasteiger partial charge in [0, 0.05) is 4.47 Å². The number of rotatable bonds is 7. The van der Waals surface area contributed by atoms with E-state index in [0.29, 0.717) is 22.2 Å². The molecule has 1 heterocycles. The largest absolute Gasteiger partial charge is 0.620 e. The van der Waals surface area contributed by atoms with E-state index < -0.39 is 36.7 Å². The standard InChI is InChI=1S/C21H21BBrFN2O5/c1-12(2)9-18(22-30-17-6-4-3-5-14(17)21(29)31-22)26-19(27)11-25-20(28)15-10-13(24)7-8-16(15)23/h3-8,10,12,18H,9,11H2,1-2H3,(H,25,28)(H,26,27)/t18-/m0/s1. The Hall–Kier alpha value is -2.88. The molecular formula is C21H21BBrFN2O5. The van der Waals surface area contributed by atoms with E-state index >= 15 is 0 Å². The molecular weight excluding hydrogens is 470 g/mol. The van der Waals surface area contributed by atoms with Crippen molar-refractivity contribution in [3.05, 3.63) is 63.9 Å². The SMILES string of the molecule is CC(C)C[C@H](NC(=O)CNC(=O)c1cc(F)ccc1Br)B1OC(=O)c2ccccc2O1. The molecule has 0 aliphatic carbocycles. The van der Waals surface area contributed by atoms with Gasteiger partial charge in [-0.3, -0.25) is 9.59 Å². The Bertz CT molecular complexity index is 1000. The lowest BCUT2D eigenvalue weighted by atomic mass is 9.72. The van der Waals surface area contributed by atoms with E-state index in [2.05, 4.69) is 26.6 Å². The third-order valence-electron chi connectivity index (χ3n) is 4.56. The fraction of sp³-hybridized carbons (Fsp3) is 0.286. The molecule has 0 bridgehead atoms. The van der Waals surface area contributed by atoms with Crippen LogP contribution in [0, 0.1) is 11.7 Å². The van der Waals surface area contributed by atoms with Crippen molar-refractivity contribution in [1.29, 1.82) is 0 Å². The summed E-state index contributed by atoms with van der Waals surface area (Å²) < 4.78 is 25.0. The van der Waals surface area contributed by atoms with Gasteiger partial charge in [0.05, 0.1) is 23.6 Å². The molecule has 2 amide bonds. The second kappa shape index (κ2) is 9.95. The van der Waals surface area contributed by atoms with Crippen LogP contribution in [0.2, 0.25) is 0 Å². The molecule has 0 saturated carbocycles. The van der Waals surface area contributed by atoms with E-state index in [1.54, 1.807) is 24.3 Å². The molecule has 162 valence electrons. The number of amides is 2. The van der Waals surface area contributed by atoms with Crippen LogP contribution >= 0.6 is 15.9 Å². The Morgan fingerprint density at radius 3 is 2.65 bits per heavy atom. The quantitative estimate of drug-likeness (QED) is 0.581. The van der Waals surface area contributed by atoms with Crippen molar-refractivity contribution in [3.63, 3.8) is 0 Å². The van der Waals surface area contributed by atoms with Gasteiger partial charge in [-0.1, -0.05) is 26.0 Å². The van der Waals surface area contributed by atoms with Crippen LogP contribution in [0.15, 0.2) is 46.9 Å². The Balaban J connectivity index is 1.64. The van der Waals surface area contributed by atoms with Gasteiger partial charge in [0.15, 0.2) is 0 Å². The topological polar surface area (TPSA) is 93.7 Å². The summed E-state index contributed by atoms with van der Waals surface area (Å²) >= 11 is 3.18. The monoisotopic (exact) mass is 490 g/mol. The minimum atomic E-state index is -0.998. The fourth-order valence-corrected chi connectivity index (χ4v) is 3.58. The zero-order valence-electron chi connectivity index (χ0n) is 17.0. The van der Waals surface area contributed by atoms with E-state index in [1.807, 2.05) is 13.8 Å². The highest BCUT2D eigenvalue weighted by atomic mass is 79.9. The van der Waals surface area contributed by atoms with Crippen molar-refractivity contribution >= 4 is 40.8 Å². The molecule has 0 unspecified atom stereocenters. The second-order valence-electron chi connectivity index (χ2n) is 7.50. The van der Waals surface area contributed by atoms with Crippen LogP contribution in [0.1, 0.15) is 41.0 Å². The molecule has 1 atom stereocenters. The minimum absolute atomic E-state index is 0.0766. The molecule has 7 nitrogen and oxygen atoms in total. The van der Waals surface area contributed by atoms with Crippen LogP contribution in [0.3, 0.4) is 0 Å². The summed E-state index contributed by atoms with van der Waals surface area (Å²) in [4.78, 5) is 37.1. The third kappa shape index (κ3) is 5.84. The molecule has 0 saturated heterocycles. The number of benzene rings is 2. The molecule has 2 aromatic rings. The van der Waals surface area contributed by atoms with E-state index in [9.17, 15) is 18.8 Å². The Labute approximate surface area is 188 Å². The molecule has 31 heavy (non-hydrogen) atoms. The zero-order valence-corrected chi connectivity index (χ0v) is 18.6. The lowest BCUT2D eigenvalue weighted by Gasteiger charge is -2.29. The average Bonchev–Trinajstić information content (AvgIpc) is 2.73. The molecule has 2 aromatic carbocycles. The van der Waals surface area contributed by atoms with Gasteiger partial charge in [-0.25, -0.2) is 9.18 Å². The normalized spacial score (nSPS) is 13.7. The van der Waals surface area contributed by atoms with Crippen molar-refractivity contribution in [2.45, 2.75) is 26.2 Å². The van der Waals surface area contributed by atoms with Crippen molar-refractivity contribution in [2.24, 2.45) is 5.92 Å². The molecule has 0 spiro atoms. The summed E-state index contributed by atoms with van der Waals surface area (Å²) in [5.41, 5.74) is 0.397. The van der Waals surface area contributed by atoms with E-state index in [4.69, 9.17) is 9.31 Å². The number of fused-ring (bicyclic) bond motifs is 1. The Morgan fingerprint density at radius 1 is 1.16 bits per heavy atom. The van der Waals surface area contributed by atoms with Gasteiger partial charge >= 0.3 is 13.1 Å². The van der Waals surface area contributed by atoms with E-state index in [0.717, 1.165) is 6.07 Å². The number of nitrogens with one attached hydrogen (secondary N) is 2. The zero-order chi connectivity index (χ0) is 22.5. The predicted octanol–water partition coefficient (Wildman–Crippen LogP) is 3.13. The highest BCUT2D eigenvalue weighted by Crippen LogP contribution is 2.26. The maximum Gasteiger partial charge on any atom is 0.620 e. The molecule has 1 aliphatic rings. The molecule has 0 radical (unpaired) electrons. The number of halogens is 2. The van der Waals surface area contributed by atoms with Crippen molar-refractivity contribution < 1.29 is 28.1 Å². The number of carbonyl (C=O) groups excluding carboxylic acids is 3. The van der Waals surface area contributed by atoms with Gasteiger partial charge in [-0.2, -0.15) is 0 Å². The van der Waals surface area contributed by atoms with Crippen LogP contribution in [0.4, 0.5) is 4.39 Å². The second-order valence-corrected chi connectivity index (χ2v) is 8.35. The van der Waals surface area contributed by atoms with Gasteiger partial charge in [0.2, 0.25) is 5.91 Å². The van der Waals surface area contributed by atoms with Crippen LogP contribution in [-0.4, -0.2) is 37.4 Å². The summed E-state index contributed by atoms with van der Waals surface area (Å²) in [6.07, 6.45) is 0.481. The van der Waals surface area contributed by atoms with Gasteiger partial charge in [-0.15, -0.1) is 0 Å². The van der Waals surface area contributed by atoms with Crippen molar-refractivity contribution in [1.82, 2.24) is 10.6 Å². The molecule has 10 heteroatoms. The summed E-state index contributed by atoms with van der Waals surface area (Å²) in [5, 5.41) is 5.22. The summed E-state index contributed by atoms with van der Waals surface area (Å²) in [7, 11) is -0.998. The molecule has 3 rings (SSSR count). The summed E-state index contributed by atoms with van der Waals surface area (Å²) in [6.45, 7) is 3.58. The van der Waals surface area contributed by atoms with Crippen molar-refractivity contribution in [2.75, 3.05) is 6.54 Å². The van der Waals surface area contributed by atoms with Crippen LogP contribution in [0.5, 0.6) is 5.75 Å². The third-order valence-corrected chi connectivity index (χ3v) is 5.25. The highest BCUT2D eigenvalue weighted by molar-refractivity contribution is 9.10. The number of hydrogen-bond acceptors (Lipinski definition) is 5. The van der Waals surface area contributed by atoms with E-state index in [1.165, 1.54) is 12.1 Å². The van der Waals surface area contributed by atoms with Gasteiger partial charge in [-0.05, 0) is 58.6 Å². The summed E-state index contributed by atoms with van der Waals surface area (Å²) in [5.74, 6) is -2.26. The van der Waals surface area contributed by atoms with Crippen LogP contribution < -0.4 is 15.3 Å². The first-order chi connectivity index (χ1) is 14.7. The van der Waals surface area contributed by atoms with Gasteiger partial charge in [0.1, 0.15) is 11.6 Å². The maximum atomic E-state index is 13.4. The molecule has 0 fully saturated rings.